The molecule has 0 radical (unpaired) electrons. The van der Waals surface area contributed by atoms with Gasteiger partial charge in [-0.3, -0.25) is 9.69 Å². The van der Waals surface area contributed by atoms with Crippen molar-refractivity contribution in [3.63, 3.8) is 0 Å². The van der Waals surface area contributed by atoms with Crippen LogP contribution in [0.2, 0.25) is 0 Å². The molecule has 0 saturated heterocycles. The minimum absolute atomic E-state index is 0.205. The molecule has 1 rings (SSSR count). The fourth-order valence-electron chi connectivity index (χ4n) is 1.04. The van der Waals surface area contributed by atoms with Crippen LogP contribution in [0.3, 0.4) is 0 Å². The van der Waals surface area contributed by atoms with E-state index in [0.717, 1.165) is 10.3 Å². The van der Waals surface area contributed by atoms with Gasteiger partial charge in [-0.1, -0.05) is 13.8 Å². The van der Waals surface area contributed by atoms with Gasteiger partial charge in [0.1, 0.15) is 0 Å². The van der Waals surface area contributed by atoms with E-state index in [1.165, 1.54) is 12.0 Å². The van der Waals surface area contributed by atoms with Crippen LogP contribution in [0.5, 0.6) is 0 Å². The first-order chi connectivity index (χ1) is 7.61. The second-order valence-electron chi connectivity index (χ2n) is 2.95. The normalized spacial score (nSPS) is 9.62. The van der Waals surface area contributed by atoms with Gasteiger partial charge in [-0.2, -0.15) is 0 Å². The van der Waals surface area contributed by atoms with E-state index < -0.39 is 0 Å². The Labute approximate surface area is 110 Å². The van der Waals surface area contributed by atoms with Crippen molar-refractivity contribution in [3.05, 3.63) is 20.8 Å². The van der Waals surface area contributed by atoms with Crippen molar-refractivity contribution in [2.24, 2.45) is 0 Å². The largest absolute Gasteiger partial charge is 0.468 e. The lowest BCUT2D eigenvalue weighted by Gasteiger charge is -2.13. The lowest BCUT2D eigenvalue weighted by molar-refractivity contribution is -0.141. The number of hydrogen-bond donors (Lipinski definition) is 0. The molecule has 92 valence electrons. The molecule has 1 aromatic heterocycles. The third kappa shape index (κ3) is 6.25. The molecule has 0 amide bonds. The first-order valence-corrected chi connectivity index (χ1v) is 6.72. The molecule has 0 aliphatic carbocycles. The average molecular weight is 308 g/mol. The second-order valence-corrected chi connectivity index (χ2v) is 5.50. The Balaban J connectivity index is 0.00000106. The summed E-state index contributed by atoms with van der Waals surface area (Å²) in [5.74, 6) is -0.205. The van der Waals surface area contributed by atoms with Crippen LogP contribution in [0, 0.1) is 0 Å². The third-order valence-electron chi connectivity index (χ3n) is 1.68. The van der Waals surface area contributed by atoms with Crippen molar-refractivity contribution in [3.8, 4) is 0 Å². The maximum absolute atomic E-state index is 10.9. The number of esters is 1. The number of ether oxygens (including phenoxy) is 1. The zero-order valence-electron chi connectivity index (χ0n) is 10.1. The molecule has 0 bridgehead atoms. The van der Waals surface area contributed by atoms with Crippen molar-refractivity contribution in [2.75, 3.05) is 20.7 Å². The number of rotatable bonds is 4. The maximum Gasteiger partial charge on any atom is 0.319 e. The molecule has 16 heavy (non-hydrogen) atoms. The lowest BCUT2D eigenvalue weighted by atomic mass is 10.4. The summed E-state index contributed by atoms with van der Waals surface area (Å²) in [6, 6.07) is 4.05. The Kier molecular flexibility index (Phi) is 8.51. The fourth-order valence-corrected chi connectivity index (χ4v) is 2.61. The predicted octanol–water partition coefficient (Wildman–Crippen LogP) is 3.14. The number of carbonyl (C=O) groups is 1. The Morgan fingerprint density at radius 2 is 2.12 bits per heavy atom. The summed E-state index contributed by atoms with van der Waals surface area (Å²) < 4.78 is 5.69. The Morgan fingerprint density at radius 1 is 1.50 bits per heavy atom. The number of halogens is 1. The summed E-state index contributed by atoms with van der Waals surface area (Å²) >= 11 is 5.07. The zero-order valence-corrected chi connectivity index (χ0v) is 12.5. The van der Waals surface area contributed by atoms with Crippen LogP contribution in [0.25, 0.3) is 0 Å². The van der Waals surface area contributed by atoms with Crippen LogP contribution in [-0.4, -0.2) is 31.6 Å². The van der Waals surface area contributed by atoms with E-state index in [1.54, 1.807) is 11.3 Å². The molecule has 0 aromatic carbocycles. The summed E-state index contributed by atoms with van der Waals surface area (Å²) in [7, 11) is 3.29. The zero-order chi connectivity index (χ0) is 12.6. The van der Waals surface area contributed by atoms with Crippen LogP contribution in [0.4, 0.5) is 0 Å². The third-order valence-corrected chi connectivity index (χ3v) is 3.29. The highest BCUT2D eigenvalue weighted by atomic mass is 79.9. The first-order valence-electron chi connectivity index (χ1n) is 5.11. The highest BCUT2D eigenvalue weighted by Crippen LogP contribution is 2.22. The van der Waals surface area contributed by atoms with Gasteiger partial charge >= 0.3 is 5.97 Å². The van der Waals surface area contributed by atoms with Crippen molar-refractivity contribution < 1.29 is 9.53 Å². The van der Waals surface area contributed by atoms with Crippen LogP contribution in [-0.2, 0) is 16.1 Å². The number of likely N-dealkylation sites (N-methyl/N-ethyl adjacent to an activating group) is 1. The molecule has 0 saturated carbocycles. The molecule has 0 fully saturated rings. The van der Waals surface area contributed by atoms with Gasteiger partial charge < -0.3 is 4.74 Å². The molecule has 0 atom stereocenters. The van der Waals surface area contributed by atoms with Crippen molar-refractivity contribution in [2.45, 2.75) is 20.4 Å². The predicted molar refractivity (Wildman–Crippen MR) is 71.7 cm³/mol. The van der Waals surface area contributed by atoms with Gasteiger partial charge in [-0.15, -0.1) is 11.3 Å². The highest BCUT2D eigenvalue weighted by Gasteiger charge is 2.07. The average Bonchev–Trinajstić information content (AvgIpc) is 2.66. The van der Waals surface area contributed by atoms with Crippen molar-refractivity contribution in [1.82, 2.24) is 4.90 Å². The molecule has 3 nitrogen and oxygen atoms in total. The summed E-state index contributed by atoms with van der Waals surface area (Å²) in [5.41, 5.74) is 0. The molecule has 0 N–H and O–H groups in total. The van der Waals surface area contributed by atoms with E-state index in [2.05, 4.69) is 20.7 Å². The number of methoxy groups -OCH3 is 1. The first kappa shape index (κ1) is 15.6. The van der Waals surface area contributed by atoms with Gasteiger partial charge in [0.05, 0.1) is 17.4 Å². The van der Waals surface area contributed by atoms with Crippen LogP contribution in [0.15, 0.2) is 15.9 Å². The molecule has 0 unspecified atom stereocenters. The lowest BCUT2D eigenvalue weighted by Crippen LogP contribution is -2.25. The SMILES string of the molecule is CC.COC(=O)CN(C)Cc1ccc(Br)s1. The summed E-state index contributed by atoms with van der Waals surface area (Å²) in [6.45, 7) is 5.09. The van der Waals surface area contributed by atoms with Gasteiger partial charge in [0, 0.05) is 11.4 Å². The van der Waals surface area contributed by atoms with Gasteiger partial charge in [0.2, 0.25) is 0 Å². The van der Waals surface area contributed by atoms with Gasteiger partial charge in [0.25, 0.3) is 0 Å². The van der Waals surface area contributed by atoms with Crippen molar-refractivity contribution in [1.29, 1.82) is 0 Å². The Morgan fingerprint density at radius 3 is 2.56 bits per heavy atom. The molecule has 1 aromatic rings. The molecule has 0 spiro atoms. The number of nitrogens with zero attached hydrogens (tertiary/aromatic N) is 1. The minimum Gasteiger partial charge on any atom is -0.468 e. The van der Waals surface area contributed by atoms with E-state index in [9.17, 15) is 4.79 Å². The number of carbonyl (C=O) groups excluding carboxylic acids is 1. The van der Waals surface area contributed by atoms with E-state index in [0.29, 0.717) is 6.54 Å². The molecular formula is C11H18BrNO2S. The topological polar surface area (TPSA) is 29.5 Å². The van der Waals surface area contributed by atoms with Crippen LogP contribution >= 0.6 is 27.3 Å². The number of hydrogen-bond acceptors (Lipinski definition) is 4. The molecule has 1 heterocycles. The second kappa shape index (κ2) is 8.73. The summed E-state index contributed by atoms with van der Waals surface area (Å²) in [4.78, 5) is 14.1. The highest BCUT2D eigenvalue weighted by molar-refractivity contribution is 9.11. The summed E-state index contributed by atoms with van der Waals surface area (Å²) in [5, 5.41) is 0. The van der Waals surface area contributed by atoms with E-state index in [-0.39, 0.29) is 5.97 Å². The quantitative estimate of drug-likeness (QED) is 0.800. The molecule has 0 aliphatic heterocycles. The van der Waals surface area contributed by atoms with Crippen LogP contribution in [0.1, 0.15) is 18.7 Å². The van der Waals surface area contributed by atoms with Gasteiger partial charge in [-0.25, -0.2) is 0 Å². The summed E-state index contributed by atoms with van der Waals surface area (Å²) in [6.07, 6.45) is 0. The van der Waals surface area contributed by atoms with Gasteiger partial charge in [-0.05, 0) is 35.1 Å². The Bertz CT molecular complexity index is 315. The standard InChI is InChI=1S/C9H12BrNO2S.C2H6/c1-11(6-9(12)13-2)5-7-3-4-8(10)14-7;1-2/h3-4H,5-6H2,1-2H3;1-2H3. The van der Waals surface area contributed by atoms with Crippen LogP contribution < -0.4 is 0 Å². The molecule has 0 aliphatic rings. The van der Waals surface area contributed by atoms with Gasteiger partial charge in [0.15, 0.2) is 0 Å². The Hall–Kier alpha value is -0.390. The monoisotopic (exact) mass is 307 g/mol. The van der Waals surface area contributed by atoms with E-state index in [1.807, 2.05) is 37.9 Å². The van der Waals surface area contributed by atoms with E-state index in [4.69, 9.17) is 0 Å². The molecular weight excluding hydrogens is 290 g/mol. The molecule has 5 heteroatoms. The minimum atomic E-state index is -0.205. The smallest absolute Gasteiger partial charge is 0.319 e. The number of thiophene rings is 1. The maximum atomic E-state index is 10.9. The fraction of sp³-hybridized carbons (Fsp3) is 0.545. The van der Waals surface area contributed by atoms with Crippen molar-refractivity contribution >= 4 is 33.2 Å². The van der Waals surface area contributed by atoms with E-state index >= 15 is 0 Å².